The molecule has 0 aliphatic carbocycles. The van der Waals surface area contributed by atoms with Crippen LogP contribution < -0.4 is 15.4 Å². The lowest BCUT2D eigenvalue weighted by Gasteiger charge is -2.18. The molecule has 0 unspecified atom stereocenters. The molecule has 0 spiro atoms. The van der Waals surface area contributed by atoms with Crippen LogP contribution >= 0.6 is 15.9 Å². The largest absolute Gasteiger partial charge is 0.504 e. The van der Waals surface area contributed by atoms with E-state index in [0.717, 1.165) is 10.9 Å². The Labute approximate surface area is 164 Å². The van der Waals surface area contributed by atoms with Crippen molar-refractivity contribution in [3.05, 3.63) is 58.0 Å². The summed E-state index contributed by atoms with van der Waals surface area (Å²) < 4.78 is 6.15. The van der Waals surface area contributed by atoms with E-state index in [0.29, 0.717) is 34.8 Å². The lowest BCUT2D eigenvalue weighted by atomic mass is 9.96. The Kier molecular flexibility index (Phi) is 5.75. The topological polar surface area (TPSA) is 101 Å². The molecule has 140 valence electrons. The minimum atomic E-state index is -0.475. The average Bonchev–Trinajstić information content (AvgIpc) is 2.63. The molecule has 1 aliphatic rings. The highest BCUT2D eigenvalue weighted by atomic mass is 79.9. The van der Waals surface area contributed by atoms with Gasteiger partial charge < -0.3 is 15.2 Å². The van der Waals surface area contributed by atoms with Gasteiger partial charge in [-0.2, -0.15) is 0 Å². The van der Waals surface area contributed by atoms with Crippen LogP contribution in [0.4, 0.5) is 0 Å². The highest BCUT2D eigenvalue weighted by molar-refractivity contribution is 9.10. The van der Waals surface area contributed by atoms with E-state index in [1.807, 2.05) is 6.92 Å². The maximum absolute atomic E-state index is 12.2. The zero-order valence-electron chi connectivity index (χ0n) is 14.6. The van der Waals surface area contributed by atoms with Gasteiger partial charge in [0.1, 0.15) is 0 Å². The van der Waals surface area contributed by atoms with E-state index in [1.165, 1.54) is 18.5 Å². The fraction of sp³-hybridized carbons (Fsp3) is 0.211. The van der Waals surface area contributed by atoms with Gasteiger partial charge in [-0.05, 0) is 24.6 Å². The van der Waals surface area contributed by atoms with Gasteiger partial charge in [-0.1, -0.05) is 22.9 Å². The van der Waals surface area contributed by atoms with Gasteiger partial charge in [-0.3, -0.25) is 19.9 Å². The standard InChI is InChI=1S/C19H18BrN3O4/c1-2-5-27-17-10-22-12(7-16(17)24)8-21-9-15-14-6-11(20)3-4-13(14)18(25)23-19(15)26/h3-4,6-7,9-10,21H,2,5,8H2,1H3,(H,22,24)(H,23,25,26)/b15-9+. The fourth-order valence-corrected chi connectivity index (χ4v) is 2.95. The van der Waals surface area contributed by atoms with Crippen LogP contribution in [0.25, 0.3) is 5.57 Å². The number of aromatic nitrogens is 1. The monoisotopic (exact) mass is 431 g/mol. The second-order valence-corrected chi connectivity index (χ2v) is 6.82. The van der Waals surface area contributed by atoms with Crippen LogP contribution in [-0.4, -0.2) is 28.5 Å². The van der Waals surface area contributed by atoms with E-state index in [9.17, 15) is 14.7 Å². The van der Waals surface area contributed by atoms with Crippen molar-refractivity contribution in [2.24, 2.45) is 0 Å². The zero-order chi connectivity index (χ0) is 19.4. The van der Waals surface area contributed by atoms with Crippen LogP contribution in [0.15, 0.2) is 41.1 Å². The van der Waals surface area contributed by atoms with Gasteiger partial charge in [0.15, 0.2) is 11.5 Å². The molecule has 0 saturated heterocycles. The molecule has 0 radical (unpaired) electrons. The predicted molar refractivity (Wildman–Crippen MR) is 103 cm³/mol. The van der Waals surface area contributed by atoms with Gasteiger partial charge in [0.25, 0.3) is 11.8 Å². The van der Waals surface area contributed by atoms with Crippen LogP contribution in [0.1, 0.15) is 35.0 Å². The molecule has 27 heavy (non-hydrogen) atoms. The summed E-state index contributed by atoms with van der Waals surface area (Å²) in [6, 6.07) is 6.63. The number of hydrogen-bond donors (Lipinski definition) is 3. The van der Waals surface area contributed by atoms with Crippen molar-refractivity contribution in [1.29, 1.82) is 0 Å². The first-order valence-corrected chi connectivity index (χ1v) is 9.18. The fourth-order valence-electron chi connectivity index (χ4n) is 2.59. The maximum atomic E-state index is 12.2. The maximum Gasteiger partial charge on any atom is 0.260 e. The Morgan fingerprint density at radius 1 is 1.26 bits per heavy atom. The molecule has 2 aromatic rings. The minimum Gasteiger partial charge on any atom is -0.504 e. The van der Waals surface area contributed by atoms with Crippen LogP contribution in [0, 0.1) is 0 Å². The number of fused-ring (bicyclic) bond motifs is 1. The smallest absolute Gasteiger partial charge is 0.260 e. The van der Waals surface area contributed by atoms with Gasteiger partial charge in [0, 0.05) is 27.9 Å². The van der Waals surface area contributed by atoms with Gasteiger partial charge in [0.05, 0.1) is 30.6 Å². The quantitative estimate of drug-likeness (QED) is 0.480. The lowest BCUT2D eigenvalue weighted by molar-refractivity contribution is -0.114. The summed E-state index contributed by atoms with van der Waals surface area (Å²) in [7, 11) is 0. The van der Waals surface area contributed by atoms with Crippen molar-refractivity contribution >= 4 is 33.3 Å². The number of carbonyl (C=O) groups excluding carboxylic acids is 2. The molecule has 7 nitrogen and oxygen atoms in total. The lowest BCUT2D eigenvalue weighted by Crippen LogP contribution is -2.37. The van der Waals surface area contributed by atoms with E-state index in [-0.39, 0.29) is 12.3 Å². The number of halogens is 1. The Morgan fingerprint density at radius 3 is 2.81 bits per heavy atom. The Morgan fingerprint density at radius 2 is 2.07 bits per heavy atom. The molecule has 0 fully saturated rings. The number of aromatic hydroxyl groups is 1. The van der Waals surface area contributed by atoms with Crippen molar-refractivity contribution in [3.63, 3.8) is 0 Å². The molecular formula is C19H18BrN3O4. The third-order valence-corrected chi connectivity index (χ3v) is 4.38. The molecule has 0 bridgehead atoms. The number of benzene rings is 1. The highest BCUT2D eigenvalue weighted by Crippen LogP contribution is 2.27. The van der Waals surface area contributed by atoms with Gasteiger partial charge in [-0.25, -0.2) is 0 Å². The summed E-state index contributed by atoms with van der Waals surface area (Å²) >= 11 is 3.35. The number of hydrogen-bond acceptors (Lipinski definition) is 6. The van der Waals surface area contributed by atoms with Gasteiger partial charge in [-0.15, -0.1) is 0 Å². The molecule has 1 aromatic heterocycles. The first kappa shape index (κ1) is 18.9. The average molecular weight is 432 g/mol. The summed E-state index contributed by atoms with van der Waals surface area (Å²) in [6.07, 6.45) is 3.83. The van der Waals surface area contributed by atoms with Crippen LogP contribution in [0.2, 0.25) is 0 Å². The third kappa shape index (κ3) is 4.28. The SMILES string of the molecule is CCCOc1cnc(CN/C=C2/C(=O)NC(=O)c3ccc(Br)cc32)cc1O. The van der Waals surface area contributed by atoms with Crippen molar-refractivity contribution < 1.29 is 19.4 Å². The van der Waals surface area contributed by atoms with Crippen LogP contribution in [0.5, 0.6) is 11.5 Å². The van der Waals surface area contributed by atoms with Gasteiger partial charge >= 0.3 is 0 Å². The summed E-state index contributed by atoms with van der Waals surface area (Å²) in [5, 5.41) is 15.3. The molecule has 1 aliphatic heterocycles. The van der Waals surface area contributed by atoms with E-state index < -0.39 is 11.8 Å². The number of imide groups is 1. The van der Waals surface area contributed by atoms with E-state index in [4.69, 9.17) is 4.74 Å². The van der Waals surface area contributed by atoms with Crippen molar-refractivity contribution in [3.8, 4) is 11.5 Å². The first-order chi connectivity index (χ1) is 13.0. The Hall–Kier alpha value is -2.87. The first-order valence-electron chi connectivity index (χ1n) is 8.39. The summed E-state index contributed by atoms with van der Waals surface area (Å²) in [4.78, 5) is 28.4. The number of ether oxygens (including phenoxy) is 1. The van der Waals surface area contributed by atoms with Crippen molar-refractivity contribution in [2.45, 2.75) is 19.9 Å². The van der Waals surface area contributed by atoms with Crippen molar-refractivity contribution in [1.82, 2.24) is 15.6 Å². The number of nitrogens with one attached hydrogen (secondary N) is 2. The second-order valence-electron chi connectivity index (χ2n) is 5.90. The molecule has 2 amide bonds. The van der Waals surface area contributed by atoms with Crippen LogP contribution in [0.3, 0.4) is 0 Å². The number of carbonyl (C=O) groups is 2. The molecular weight excluding hydrogens is 414 g/mol. The second kappa shape index (κ2) is 8.22. The summed E-state index contributed by atoms with van der Waals surface area (Å²) in [5.74, 6) is -0.549. The van der Waals surface area contributed by atoms with E-state index >= 15 is 0 Å². The minimum absolute atomic E-state index is 0.0122. The molecule has 0 saturated carbocycles. The number of nitrogens with zero attached hydrogens (tertiary/aromatic N) is 1. The highest BCUT2D eigenvalue weighted by Gasteiger charge is 2.27. The Bertz CT molecular complexity index is 927. The number of rotatable bonds is 6. The van der Waals surface area contributed by atoms with Crippen molar-refractivity contribution in [2.75, 3.05) is 6.61 Å². The zero-order valence-corrected chi connectivity index (χ0v) is 16.2. The molecule has 2 heterocycles. The molecule has 1 aromatic carbocycles. The number of pyridine rings is 1. The molecule has 8 heteroatoms. The van der Waals surface area contributed by atoms with E-state index in [2.05, 4.69) is 31.5 Å². The Balaban J connectivity index is 1.76. The molecule has 3 N–H and O–H groups in total. The number of amides is 2. The van der Waals surface area contributed by atoms with E-state index in [1.54, 1.807) is 18.2 Å². The normalized spacial score (nSPS) is 14.7. The summed E-state index contributed by atoms with van der Waals surface area (Å²) in [6.45, 7) is 2.76. The van der Waals surface area contributed by atoms with Crippen LogP contribution in [-0.2, 0) is 11.3 Å². The van der Waals surface area contributed by atoms with Gasteiger partial charge in [0.2, 0.25) is 0 Å². The summed E-state index contributed by atoms with van der Waals surface area (Å²) in [5.41, 5.74) is 1.90. The third-order valence-electron chi connectivity index (χ3n) is 3.88. The predicted octanol–water partition coefficient (Wildman–Crippen LogP) is 2.74. The molecule has 3 rings (SSSR count). The molecule has 0 atom stereocenters.